The van der Waals surface area contributed by atoms with E-state index < -0.39 is 72.3 Å². The number of hydrogen-bond donors (Lipinski definition) is 12. The maximum atomic E-state index is 12.6. The molecule has 0 heterocycles. The third kappa shape index (κ3) is 20.1. The average Bonchev–Trinajstić information content (AvgIpc) is 0.721. The molecule has 0 spiro atoms. The molecule has 714 valence electrons. The number of carbonyl (C=O) groups is 6. The van der Waals surface area contributed by atoms with Gasteiger partial charge in [-0.1, -0.05) is 62.3 Å². The van der Waals surface area contributed by atoms with Gasteiger partial charge in [0.15, 0.2) is 0 Å². The predicted octanol–water partition coefficient (Wildman–Crippen LogP) is 13.8. The van der Waals surface area contributed by atoms with E-state index in [1.54, 1.807) is 0 Å². The van der Waals surface area contributed by atoms with Crippen LogP contribution >= 0.6 is 0 Å². The van der Waals surface area contributed by atoms with Crippen LogP contribution in [0.15, 0.2) is 0 Å². The first kappa shape index (κ1) is 98.8. The number of aliphatic hydroxyl groups excluding tert-OH is 6. The lowest BCUT2D eigenvalue weighted by Crippen LogP contribution is -2.65. The minimum atomic E-state index is -0.751. The molecule has 24 fully saturated rings. The van der Waals surface area contributed by atoms with Crippen molar-refractivity contribution in [1.29, 1.82) is 0 Å². The van der Waals surface area contributed by atoms with Crippen molar-refractivity contribution in [1.82, 2.24) is 0 Å². The zero-order chi connectivity index (χ0) is 91.8. The van der Waals surface area contributed by atoms with E-state index in [9.17, 15) is 90.0 Å². The largest absolute Gasteiger partial charge is 0.465 e. The summed E-state index contributed by atoms with van der Waals surface area (Å²) in [4.78, 5) is 73.7. The van der Waals surface area contributed by atoms with Gasteiger partial charge in [0.05, 0.1) is 80.8 Å². The van der Waals surface area contributed by atoms with Gasteiger partial charge in [-0.2, -0.15) is 0 Å². The van der Waals surface area contributed by atoms with Crippen molar-refractivity contribution in [3.63, 3.8) is 0 Å². The Balaban J connectivity index is 0.000000129. The Kier molecular flexibility index (Phi) is 27.2. The Morgan fingerprint density at radius 2 is 0.480 bits per heavy atom. The molecular formula is C101H166O24. The highest BCUT2D eigenvalue weighted by atomic mass is 16.6. The summed E-state index contributed by atoms with van der Waals surface area (Å²) in [6, 6.07) is 0. The molecule has 24 bridgehead atoms. The highest BCUT2D eigenvalue weighted by Crippen LogP contribution is 2.72. The standard InChI is InChI=1S/C18H30O4.3C17H28O4.2C16H26O4/c1-4-15(2,3)14(21)22-18-7-13-5-16(9-18,11-19)8-17(6-13,10-18)12-20;1-4-14(2,3)13(18)21-11-15-5-12-6-16(19,8-15)10-17(20,7-12)9-15;1-4-14(2,3)13(19)21-17-7-12-5-15(9-17,11-18)8-16(20,6-12)10-17;1-3-12(2)14(20)21-17-6-13-4-15(8-17,10-18)7-16(5-13,9-17)11-19;1-3-11(2)13(17)20-10-14-4-12-5-15(18,7-14)9-16(19,6-12)8-14;1-3-11(2)13(18)20-16-6-12-4-14(8-16,10-17)7-15(19,5-12)9-16/h13,19-20H,4-12H2,1-3H3;12,19-20H,4-11H2,1-3H3;12,18,20H,4-11H2,1-3H3;12-13,18-19H,3-11H2,1-2H3;11-12,18-19H,3-10H2,1-2H3;11-12,17,19H,3-10H2,1-2H3. The van der Waals surface area contributed by atoms with Gasteiger partial charge in [-0.25, -0.2) is 0 Å². The van der Waals surface area contributed by atoms with Gasteiger partial charge in [0, 0.05) is 87.0 Å². The Bertz CT molecular complexity index is 3850. The normalized spacial score (nSPS) is 45.5. The van der Waals surface area contributed by atoms with Crippen LogP contribution < -0.4 is 0 Å². The number of ether oxygens (including phenoxy) is 6. The number of rotatable bonds is 26. The Labute approximate surface area is 745 Å². The van der Waals surface area contributed by atoms with E-state index in [2.05, 4.69) is 0 Å². The summed E-state index contributed by atoms with van der Waals surface area (Å²) < 4.78 is 35.1. The minimum absolute atomic E-state index is 0.0740. The maximum Gasteiger partial charge on any atom is 0.312 e. The quantitative estimate of drug-likeness (QED) is 0.0283. The lowest BCUT2D eigenvalue weighted by Gasteiger charge is -2.65. The summed E-state index contributed by atoms with van der Waals surface area (Å²) in [5.74, 6) is 1.33. The molecular weight excluding hydrogens is 1600 g/mol. The monoisotopic (exact) mass is 1760 g/mol. The molecule has 0 amide bonds. The first-order valence-electron chi connectivity index (χ1n) is 49.2. The van der Waals surface area contributed by atoms with Crippen molar-refractivity contribution in [3.05, 3.63) is 0 Å². The van der Waals surface area contributed by atoms with E-state index in [0.717, 1.165) is 199 Å². The van der Waals surface area contributed by atoms with Crippen LogP contribution in [0.1, 0.15) is 374 Å². The molecule has 19 unspecified atom stereocenters. The predicted molar refractivity (Wildman–Crippen MR) is 467 cm³/mol. The third-order valence-electron chi connectivity index (χ3n) is 36.6. The molecule has 19 atom stereocenters. The van der Waals surface area contributed by atoms with E-state index in [-0.39, 0.29) is 137 Å². The summed E-state index contributed by atoms with van der Waals surface area (Å²) in [6.07, 6.45) is 33.2. The molecule has 0 radical (unpaired) electrons. The molecule has 0 saturated heterocycles. The maximum absolute atomic E-state index is 12.6. The smallest absolute Gasteiger partial charge is 0.312 e. The fraction of sp³-hybridized carbons (Fsp3) is 0.941. The minimum Gasteiger partial charge on any atom is -0.465 e. The van der Waals surface area contributed by atoms with Crippen molar-refractivity contribution >= 4 is 35.8 Å². The van der Waals surface area contributed by atoms with Gasteiger partial charge in [0.1, 0.15) is 22.4 Å². The molecule has 24 aliphatic carbocycles. The number of aliphatic hydroxyl groups is 12. The first-order chi connectivity index (χ1) is 58.0. The van der Waals surface area contributed by atoms with Crippen LogP contribution in [0.3, 0.4) is 0 Å². The van der Waals surface area contributed by atoms with Gasteiger partial charge in [0.2, 0.25) is 0 Å². The van der Waals surface area contributed by atoms with E-state index in [0.29, 0.717) is 119 Å². The number of carbonyl (C=O) groups excluding carboxylic acids is 6. The molecule has 0 aliphatic heterocycles. The van der Waals surface area contributed by atoms with Gasteiger partial charge in [-0.3, -0.25) is 28.8 Å². The summed E-state index contributed by atoms with van der Waals surface area (Å²) in [5.41, 5.74) is -9.36. The highest BCUT2D eigenvalue weighted by molar-refractivity contribution is 5.78. The van der Waals surface area contributed by atoms with Gasteiger partial charge < -0.3 is 89.7 Å². The van der Waals surface area contributed by atoms with E-state index in [1.165, 1.54) is 0 Å². The SMILES string of the molecule is CCC(C)(C)C(=O)OC12CC3CC(CO)(CC(CO)(C3)C1)C2.CCC(C)(C)C(=O)OC12CC3CC(O)(CC(CO)(C3)C1)C2.CCC(C)(C)C(=O)OCC12CC3CC(O)(CC(O)(C3)C1)C2.CCC(C)C(=O)OC12CC3CC(CO)(CC(CO)(C3)C1)C2.CCC(C)C(=O)OC12CC3CC(O)(CC(CO)(C3)C1)C2.CCC(C)C(=O)OCC12CC3CC(O)(CC(O)(C3)C1)C2. The van der Waals surface area contributed by atoms with Crippen LogP contribution in [-0.4, -0.2) is 206 Å². The van der Waals surface area contributed by atoms with Crippen molar-refractivity contribution in [2.45, 2.75) is 430 Å². The molecule has 24 aliphatic rings. The number of hydrogen-bond acceptors (Lipinski definition) is 24. The van der Waals surface area contributed by atoms with Gasteiger partial charge >= 0.3 is 35.8 Å². The first-order valence-corrected chi connectivity index (χ1v) is 49.2. The van der Waals surface area contributed by atoms with Gasteiger partial charge in [-0.15, -0.1) is 0 Å². The van der Waals surface area contributed by atoms with Crippen molar-refractivity contribution in [2.75, 3.05) is 52.9 Å². The molecule has 24 saturated carbocycles. The zero-order valence-corrected chi connectivity index (χ0v) is 79.3. The lowest BCUT2D eigenvalue weighted by atomic mass is 9.43. The van der Waals surface area contributed by atoms with Crippen LogP contribution in [0.5, 0.6) is 0 Å². The molecule has 24 heteroatoms. The second kappa shape index (κ2) is 34.4. The molecule has 24 rings (SSSR count). The van der Waals surface area contributed by atoms with Crippen LogP contribution in [0.4, 0.5) is 0 Å². The topological polar surface area (TPSA) is 401 Å². The van der Waals surface area contributed by atoms with Crippen LogP contribution in [0.2, 0.25) is 0 Å². The van der Waals surface area contributed by atoms with Crippen molar-refractivity contribution in [3.8, 4) is 0 Å². The fourth-order valence-electron chi connectivity index (χ4n) is 32.4. The third-order valence-corrected chi connectivity index (χ3v) is 36.6. The van der Waals surface area contributed by atoms with Crippen molar-refractivity contribution in [2.24, 2.45) is 113 Å². The van der Waals surface area contributed by atoms with E-state index >= 15 is 0 Å². The second-order valence-corrected chi connectivity index (χ2v) is 50.5. The van der Waals surface area contributed by atoms with Gasteiger partial charge in [0.25, 0.3) is 0 Å². The molecule has 0 aromatic carbocycles. The fourth-order valence-corrected chi connectivity index (χ4v) is 32.4. The van der Waals surface area contributed by atoms with Gasteiger partial charge in [-0.05, 0) is 343 Å². The van der Waals surface area contributed by atoms with E-state index in [1.807, 2.05) is 104 Å². The molecule has 12 N–H and O–H groups in total. The highest BCUT2D eigenvalue weighted by Gasteiger charge is 2.71. The summed E-state index contributed by atoms with van der Waals surface area (Å²) in [6.45, 7) is 30.5. The average molecular weight is 1760 g/mol. The molecule has 0 aromatic rings. The molecule has 0 aromatic heterocycles. The summed E-state index contributed by atoms with van der Waals surface area (Å²) in [7, 11) is 0. The van der Waals surface area contributed by atoms with Crippen LogP contribution in [0.25, 0.3) is 0 Å². The Morgan fingerprint density at radius 1 is 0.264 bits per heavy atom. The van der Waals surface area contributed by atoms with E-state index in [4.69, 9.17) is 28.4 Å². The molecule has 24 nitrogen and oxygen atoms in total. The Hall–Kier alpha value is -3.66. The lowest BCUT2D eigenvalue weighted by molar-refractivity contribution is -0.252. The number of esters is 6. The van der Waals surface area contributed by atoms with Crippen LogP contribution in [0, 0.1) is 113 Å². The molecule has 125 heavy (non-hydrogen) atoms. The Morgan fingerprint density at radius 3 is 0.752 bits per heavy atom. The van der Waals surface area contributed by atoms with Crippen molar-refractivity contribution < 1.29 is 118 Å². The summed E-state index contributed by atoms with van der Waals surface area (Å²) >= 11 is 0. The van der Waals surface area contributed by atoms with Crippen LogP contribution in [-0.2, 0) is 57.2 Å². The summed E-state index contributed by atoms with van der Waals surface area (Å²) in [5, 5.41) is 124. The zero-order valence-electron chi connectivity index (χ0n) is 79.3. The second-order valence-electron chi connectivity index (χ2n) is 50.5.